The fraction of sp³-hybridized carbons (Fsp3) is 0.550. The number of ether oxygens (including phenoxy) is 1. The van der Waals surface area contributed by atoms with E-state index in [2.05, 4.69) is 19.2 Å². The average Bonchev–Trinajstić information content (AvgIpc) is 2.88. The minimum absolute atomic E-state index is 0.139. The van der Waals surface area contributed by atoms with Crippen LogP contribution in [-0.4, -0.2) is 35.5 Å². The lowest BCUT2D eigenvalue weighted by Crippen LogP contribution is -2.50. The fourth-order valence-electron chi connectivity index (χ4n) is 4.12. The first-order chi connectivity index (χ1) is 11.9. The van der Waals surface area contributed by atoms with Crippen molar-refractivity contribution in [3.8, 4) is 5.75 Å². The summed E-state index contributed by atoms with van der Waals surface area (Å²) >= 11 is 1.75. The maximum Gasteiger partial charge on any atom is 0.333 e. The predicted octanol–water partition coefficient (Wildman–Crippen LogP) is 3.77. The van der Waals surface area contributed by atoms with Gasteiger partial charge in [-0.1, -0.05) is 32.0 Å². The highest BCUT2D eigenvalue weighted by Gasteiger charge is 2.45. The predicted molar refractivity (Wildman–Crippen MR) is 101 cm³/mol. The molecule has 4 nitrogen and oxygen atoms in total. The lowest BCUT2D eigenvalue weighted by atomic mass is 9.69. The van der Waals surface area contributed by atoms with Gasteiger partial charge in [0.15, 0.2) is 0 Å². The maximum absolute atomic E-state index is 12.1. The second kappa shape index (κ2) is 6.36. The van der Waals surface area contributed by atoms with E-state index in [-0.39, 0.29) is 17.4 Å². The second-order valence-corrected chi connectivity index (χ2v) is 9.36. The van der Waals surface area contributed by atoms with Gasteiger partial charge in [-0.05, 0) is 30.7 Å². The Morgan fingerprint density at radius 2 is 2.08 bits per heavy atom. The summed E-state index contributed by atoms with van der Waals surface area (Å²) in [5, 5.41) is 13.6. The standard InChI is InChI=1S/C20H25NO3S/c1-20(2)8-7-16-14(9-20)17(19(22)23)18(25-16)13-5-3-4-6-15(13)24-12-10-21-11-12/h3-6,12,14,16,21H,7-11H2,1-2H3,(H,22,23). The highest BCUT2D eigenvalue weighted by atomic mass is 32.2. The number of nitrogens with one attached hydrogen (secondary N) is 1. The molecule has 0 spiro atoms. The van der Waals surface area contributed by atoms with Crippen molar-refractivity contribution in [2.75, 3.05) is 13.1 Å². The average molecular weight is 359 g/mol. The molecule has 25 heavy (non-hydrogen) atoms. The molecule has 2 atom stereocenters. The van der Waals surface area contributed by atoms with Gasteiger partial charge < -0.3 is 15.2 Å². The Morgan fingerprint density at radius 1 is 1.32 bits per heavy atom. The number of rotatable bonds is 4. The molecule has 5 heteroatoms. The molecular weight excluding hydrogens is 334 g/mol. The summed E-state index contributed by atoms with van der Waals surface area (Å²) in [5.74, 6) is 0.181. The van der Waals surface area contributed by atoms with Gasteiger partial charge in [-0.3, -0.25) is 0 Å². The van der Waals surface area contributed by atoms with Gasteiger partial charge in [0, 0.05) is 34.7 Å². The van der Waals surface area contributed by atoms with E-state index in [0.717, 1.165) is 48.6 Å². The molecule has 4 rings (SSSR count). The van der Waals surface area contributed by atoms with E-state index >= 15 is 0 Å². The molecule has 1 aliphatic carbocycles. The van der Waals surface area contributed by atoms with Crippen molar-refractivity contribution in [1.29, 1.82) is 0 Å². The molecule has 0 bridgehead atoms. The number of hydrogen-bond donors (Lipinski definition) is 2. The molecule has 1 aromatic carbocycles. The van der Waals surface area contributed by atoms with Crippen LogP contribution in [0.2, 0.25) is 0 Å². The van der Waals surface area contributed by atoms with Crippen LogP contribution >= 0.6 is 11.8 Å². The van der Waals surface area contributed by atoms with Gasteiger partial charge in [0.2, 0.25) is 0 Å². The van der Waals surface area contributed by atoms with E-state index in [1.54, 1.807) is 11.8 Å². The monoisotopic (exact) mass is 359 g/mol. The molecule has 0 aromatic heterocycles. The Balaban J connectivity index is 1.72. The van der Waals surface area contributed by atoms with Gasteiger partial charge in [0.05, 0.1) is 5.57 Å². The van der Waals surface area contributed by atoms with E-state index in [0.29, 0.717) is 10.8 Å². The van der Waals surface area contributed by atoms with Gasteiger partial charge in [-0.25, -0.2) is 4.79 Å². The zero-order valence-corrected chi connectivity index (χ0v) is 15.6. The van der Waals surface area contributed by atoms with Crippen LogP contribution in [0.4, 0.5) is 0 Å². The summed E-state index contributed by atoms with van der Waals surface area (Å²) < 4.78 is 6.11. The molecule has 134 valence electrons. The SMILES string of the molecule is CC1(C)CCC2SC(c3ccccc3OC3CNC3)=C(C(=O)O)C2C1. The van der Waals surface area contributed by atoms with Gasteiger partial charge in [-0.15, -0.1) is 11.8 Å². The number of aliphatic carboxylic acids is 1. The van der Waals surface area contributed by atoms with Crippen LogP contribution in [0.25, 0.3) is 4.91 Å². The molecule has 1 aromatic rings. The van der Waals surface area contributed by atoms with Crippen molar-refractivity contribution in [1.82, 2.24) is 5.32 Å². The third-order valence-electron chi connectivity index (χ3n) is 5.61. The van der Waals surface area contributed by atoms with Crippen molar-refractivity contribution >= 4 is 22.6 Å². The smallest absolute Gasteiger partial charge is 0.333 e. The zero-order valence-electron chi connectivity index (χ0n) is 14.7. The number of carbonyl (C=O) groups is 1. The normalized spacial score (nSPS) is 28.4. The third kappa shape index (κ3) is 3.20. The van der Waals surface area contributed by atoms with Crippen LogP contribution in [0.15, 0.2) is 29.8 Å². The van der Waals surface area contributed by atoms with Crippen LogP contribution in [0.3, 0.4) is 0 Å². The summed E-state index contributed by atoms with van der Waals surface area (Å²) in [6, 6.07) is 7.91. The minimum atomic E-state index is -0.771. The molecule has 0 radical (unpaired) electrons. The van der Waals surface area contributed by atoms with E-state index in [9.17, 15) is 9.90 Å². The molecular formula is C20H25NO3S. The Hall–Kier alpha value is -1.46. The lowest BCUT2D eigenvalue weighted by molar-refractivity contribution is -0.133. The van der Waals surface area contributed by atoms with E-state index < -0.39 is 5.97 Å². The highest BCUT2D eigenvalue weighted by Crippen LogP contribution is 2.57. The van der Waals surface area contributed by atoms with Gasteiger partial charge in [-0.2, -0.15) is 0 Å². The Labute approximate surface area is 153 Å². The zero-order chi connectivity index (χ0) is 17.6. The topological polar surface area (TPSA) is 58.6 Å². The van der Waals surface area contributed by atoms with Crippen molar-refractivity contribution in [3.05, 3.63) is 35.4 Å². The van der Waals surface area contributed by atoms with Crippen LogP contribution in [0.1, 0.15) is 38.7 Å². The maximum atomic E-state index is 12.1. The summed E-state index contributed by atoms with van der Waals surface area (Å²) in [6.07, 6.45) is 3.37. The molecule has 0 amide bonds. The van der Waals surface area contributed by atoms with Crippen molar-refractivity contribution < 1.29 is 14.6 Å². The molecule has 1 saturated heterocycles. The van der Waals surface area contributed by atoms with Gasteiger partial charge >= 0.3 is 5.97 Å². The van der Waals surface area contributed by atoms with Gasteiger partial charge in [0.1, 0.15) is 11.9 Å². The Kier molecular flexibility index (Phi) is 4.32. The quantitative estimate of drug-likeness (QED) is 0.857. The third-order valence-corrected chi connectivity index (χ3v) is 7.15. The van der Waals surface area contributed by atoms with Crippen molar-refractivity contribution in [3.63, 3.8) is 0 Å². The summed E-state index contributed by atoms with van der Waals surface area (Å²) in [5.41, 5.74) is 1.76. The van der Waals surface area contributed by atoms with Crippen LogP contribution in [0.5, 0.6) is 5.75 Å². The first kappa shape index (κ1) is 17.0. The first-order valence-corrected chi connectivity index (χ1v) is 9.93. The van der Waals surface area contributed by atoms with Crippen LogP contribution in [-0.2, 0) is 4.79 Å². The molecule has 2 aliphatic heterocycles. The Bertz CT molecular complexity index is 723. The van der Waals surface area contributed by atoms with E-state index in [1.807, 2.05) is 24.3 Å². The van der Waals surface area contributed by atoms with E-state index in [1.165, 1.54) is 0 Å². The molecule has 2 unspecified atom stereocenters. The van der Waals surface area contributed by atoms with Crippen molar-refractivity contribution in [2.45, 2.75) is 44.5 Å². The molecule has 3 aliphatic rings. The molecule has 1 saturated carbocycles. The first-order valence-electron chi connectivity index (χ1n) is 9.05. The largest absolute Gasteiger partial charge is 0.487 e. The van der Waals surface area contributed by atoms with Gasteiger partial charge in [0.25, 0.3) is 0 Å². The summed E-state index contributed by atoms with van der Waals surface area (Å²) in [4.78, 5) is 13.0. The molecule has 2 fully saturated rings. The van der Waals surface area contributed by atoms with E-state index in [4.69, 9.17) is 4.74 Å². The van der Waals surface area contributed by atoms with Crippen LogP contribution in [0, 0.1) is 11.3 Å². The molecule has 2 N–H and O–H groups in total. The number of hydrogen-bond acceptors (Lipinski definition) is 4. The Morgan fingerprint density at radius 3 is 2.76 bits per heavy atom. The van der Waals surface area contributed by atoms with Crippen LogP contribution < -0.4 is 10.1 Å². The number of thioether (sulfide) groups is 1. The molecule has 2 heterocycles. The summed E-state index contributed by atoms with van der Waals surface area (Å²) in [6.45, 7) is 6.22. The number of fused-ring (bicyclic) bond motifs is 1. The lowest BCUT2D eigenvalue weighted by Gasteiger charge is -2.37. The minimum Gasteiger partial charge on any atom is -0.487 e. The summed E-state index contributed by atoms with van der Waals surface area (Å²) in [7, 11) is 0. The number of benzene rings is 1. The number of carboxylic acids is 1. The highest BCUT2D eigenvalue weighted by molar-refractivity contribution is 8.09. The second-order valence-electron chi connectivity index (χ2n) is 8.11. The fourth-order valence-corrected chi connectivity index (χ4v) is 5.72. The number of para-hydroxylation sites is 1. The number of carboxylic acid groups (broad SMARTS) is 1. The van der Waals surface area contributed by atoms with Crippen molar-refractivity contribution in [2.24, 2.45) is 11.3 Å².